The topological polar surface area (TPSA) is 3.24 Å². The molecule has 0 aliphatic carbocycles. The third kappa shape index (κ3) is 6.12. The third-order valence-corrected chi connectivity index (χ3v) is 11.8. The van der Waals surface area contributed by atoms with Gasteiger partial charge in [-0.05, 0) is 119 Å². The molecule has 276 valence electrons. The molecule has 0 aliphatic heterocycles. The lowest BCUT2D eigenvalue weighted by molar-refractivity contribution is 1.30. The number of benzene rings is 11. The largest absolute Gasteiger partial charge is 0.310 e. The molecule has 0 saturated heterocycles. The highest BCUT2D eigenvalue weighted by atomic mass is 15.1. The molecule has 0 radical (unpaired) electrons. The Kier molecular flexibility index (Phi) is 8.56. The van der Waals surface area contributed by atoms with E-state index in [1.54, 1.807) is 0 Å². The number of hydrogen-bond acceptors (Lipinski definition) is 1. The highest BCUT2D eigenvalue weighted by Crippen LogP contribution is 2.47. The SMILES string of the molecule is c1ccc(-c2cc(-c3ccccc3)cc(N(c3ccc(-c4c(-c5ccccc5)c5ccccc5c5ccccc45)cc3)c3cc4ccccc4c4ccccc34)c2)cc1. The molecular weight excluding hydrogens is 711 g/mol. The number of fused-ring (bicyclic) bond motifs is 6. The molecule has 59 heavy (non-hydrogen) atoms. The monoisotopic (exact) mass is 749 g/mol. The van der Waals surface area contributed by atoms with Gasteiger partial charge in [-0.15, -0.1) is 0 Å². The summed E-state index contributed by atoms with van der Waals surface area (Å²) in [6, 6.07) is 86.3. The molecule has 0 aromatic heterocycles. The van der Waals surface area contributed by atoms with E-state index in [1.165, 1.54) is 87.6 Å². The van der Waals surface area contributed by atoms with Crippen LogP contribution in [-0.4, -0.2) is 0 Å². The smallest absolute Gasteiger partial charge is 0.0546 e. The Morgan fingerprint density at radius 1 is 0.220 bits per heavy atom. The summed E-state index contributed by atoms with van der Waals surface area (Å²) in [5.41, 5.74) is 12.9. The molecule has 11 rings (SSSR count). The van der Waals surface area contributed by atoms with Crippen molar-refractivity contribution in [3.05, 3.63) is 237 Å². The van der Waals surface area contributed by atoms with E-state index >= 15 is 0 Å². The van der Waals surface area contributed by atoms with Gasteiger partial charge in [0.25, 0.3) is 0 Å². The van der Waals surface area contributed by atoms with E-state index in [0.29, 0.717) is 0 Å². The summed E-state index contributed by atoms with van der Waals surface area (Å²) in [4.78, 5) is 2.47. The summed E-state index contributed by atoms with van der Waals surface area (Å²) in [6.07, 6.45) is 0. The van der Waals surface area contributed by atoms with Crippen molar-refractivity contribution in [1.29, 1.82) is 0 Å². The van der Waals surface area contributed by atoms with Crippen LogP contribution in [0.15, 0.2) is 237 Å². The minimum absolute atomic E-state index is 1.09. The number of rotatable bonds is 7. The average Bonchev–Trinajstić information content (AvgIpc) is 3.32. The summed E-state index contributed by atoms with van der Waals surface area (Å²) in [7, 11) is 0. The molecule has 11 aromatic carbocycles. The first-order chi connectivity index (χ1) is 29.3. The molecule has 11 aromatic rings. The molecule has 1 heteroatoms. The lowest BCUT2D eigenvalue weighted by Gasteiger charge is -2.29. The van der Waals surface area contributed by atoms with Crippen LogP contribution in [0.1, 0.15) is 0 Å². The predicted molar refractivity (Wildman–Crippen MR) is 253 cm³/mol. The maximum atomic E-state index is 2.47. The molecule has 0 heterocycles. The summed E-state index contributed by atoms with van der Waals surface area (Å²) < 4.78 is 0. The molecular formula is C58H39N. The quantitative estimate of drug-likeness (QED) is 0.147. The Morgan fingerprint density at radius 3 is 1.14 bits per heavy atom. The Bertz CT molecular complexity index is 3240. The maximum absolute atomic E-state index is 2.47. The van der Waals surface area contributed by atoms with Gasteiger partial charge in [0.2, 0.25) is 0 Å². The van der Waals surface area contributed by atoms with E-state index in [9.17, 15) is 0 Å². The summed E-state index contributed by atoms with van der Waals surface area (Å²) in [6.45, 7) is 0. The zero-order chi connectivity index (χ0) is 39.1. The van der Waals surface area contributed by atoms with E-state index in [0.717, 1.165) is 17.1 Å². The first-order valence-corrected chi connectivity index (χ1v) is 20.3. The zero-order valence-electron chi connectivity index (χ0n) is 32.5. The first-order valence-electron chi connectivity index (χ1n) is 20.3. The fourth-order valence-corrected chi connectivity index (χ4v) is 9.10. The molecule has 0 fully saturated rings. The molecule has 0 spiro atoms. The second-order valence-electron chi connectivity index (χ2n) is 15.3. The molecule has 0 N–H and O–H groups in total. The molecule has 0 bridgehead atoms. The van der Waals surface area contributed by atoms with Crippen LogP contribution in [0.2, 0.25) is 0 Å². The van der Waals surface area contributed by atoms with Crippen LogP contribution in [-0.2, 0) is 0 Å². The van der Waals surface area contributed by atoms with Crippen molar-refractivity contribution < 1.29 is 0 Å². The maximum Gasteiger partial charge on any atom is 0.0546 e. The Morgan fingerprint density at radius 2 is 0.610 bits per heavy atom. The van der Waals surface area contributed by atoms with Crippen molar-refractivity contribution in [1.82, 2.24) is 0 Å². The second kappa shape index (κ2) is 14.6. The lowest BCUT2D eigenvalue weighted by atomic mass is 9.85. The van der Waals surface area contributed by atoms with E-state index in [-0.39, 0.29) is 0 Å². The summed E-state index contributed by atoms with van der Waals surface area (Å²) >= 11 is 0. The van der Waals surface area contributed by atoms with Gasteiger partial charge in [0, 0.05) is 16.8 Å². The van der Waals surface area contributed by atoms with Gasteiger partial charge in [0.15, 0.2) is 0 Å². The minimum atomic E-state index is 1.09. The molecule has 0 atom stereocenters. The van der Waals surface area contributed by atoms with Crippen LogP contribution in [0, 0.1) is 0 Å². The number of nitrogens with zero attached hydrogens (tertiary/aromatic N) is 1. The molecule has 0 unspecified atom stereocenters. The Labute approximate surface area is 344 Å². The van der Waals surface area contributed by atoms with E-state index in [2.05, 4.69) is 241 Å². The Hall–Kier alpha value is -7.74. The molecule has 0 aliphatic rings. The lowest BCUT2D eigenvalue weighted by Crippen LogP contribution is -2.11. The fourth-order valence-electron chi connectivity index (χ4n) is 9.10. The third-order valence-electron chi connectivity index (χ3n) is 11.8. The van der Waals surface area contributed by atoms with Crippen LogP contribution in [0.4, 0.5) is 17.1 Å². The average molecular weight is 750 g/mol. The fraction of sp³-hybridized carbons (Fsp3) is 0. The van der Waals surface area contributed by atoms with Crippen molar-refractivity contribution in [2.24, 2.45) is 0 Å². The van der Waals surface area contributed by atoms with Crippen LogP contribution >= 0.6 is 0 Å². The second-order valence-corrected chi connectivity index (χ2v) is 15.3. The highest BCUT2D eigenvalue weighted by molar-refractivity contribution is 6.21. The summed E-state index contributed by atoms with van der Waals surface area (Å²) in [5.74, 6) is 0. The standard InChI is InChI=1S/C58H39N/c1-4-18-40(19-5-1)45-36-46(41-20-6-2-7-21-41)38-48(37-45)59(56-39-44-24-10-11-25-49(44)50-26-12-15-29-53(50)56)47-34-32-43(33-35-47)58-55-31-17-14-28-52(55)51-27-13-16-30-54(51)57(58)42-22-8-3-9-23-42/h1-39H. The summed E-state index contributed by atoms with van der Waals surface area (Å²) in [5, 5.41) is 9.93. The number of anilines is 3. The van der Waals surface area contributed by atoms with Crippen LogP contribution in [0.3, 0.4) is 0 Å². The number of hydrogen-bond donors (Lipinski definition) is 0. The molecule has 0 saturated carbocycles. The van der Waals surface area contributed by atoms with Crippen molar-refractivity contribution in [2.45, 2.75) is 0 Å². The molecule has 0 amide bonds. The van der Waals surface area contributed by atoms with Crippen LogP contribution in [0.25, 0.3) is 87.6 Å². The van der Waals surface area contributed by atoms with E-state index in [1.807, 2.05) is 0 Å². The van der Waals surface area contributed by atoms with Crippen molar-refractivity contribution in [2.75, 3.05) is 4.90 Å². The normalized spacial score (nSPS) is 11.4. The molecule has 1 nitrogen and oxygen atoms in total. The zero-order valence-corrected chi connectivity index (χ0v) is 32.5. The van der Waals surface area contributed by atoms with E-state index in [4.69, 9.17) is 0 Å². The van der Waals surface area contributed by atoms with Gasteiger partial charge in [-0.2, -0.15) is 0 Å². The van der Waals surface area contributed by atoms with Crippen LogP contribution in [0.5, 0.6) is 0 Å². The Balaban J connectivity index is 1.18. The minimum Gasteiger partial charge on any atom is -0.310 e. The first kappa shape index (κ1) is 34.5. The van der Waals surface area contributed by atoms with Gasteiger partial charge in [-0.25, -0.2) is 0 Å². The van der Waals surface area contributed by atoms with Gasteiger partial charge in [-0.3, -0.25) is 0 Å². The van der Waals surface area contributed by atoms with Crippen LogP contribution < -0.4 is 4.90 Å². The van der Waals surface area contributed by atoms with Gasteiger partial charge < -0.3 is 4.90 Å². The van der Waals surface area contributed by atoms with Gasteiger partial charge in [-0.1, -0.05) is 200 Å². The van der Waals surface area contributed by atoms with Gasteiger partial charge in [0.05, 0.1) is 5.69 Å². The van der Waals surface area contributed by atoms with Gasteiger partial charge in [0.1, 0.15) is 0 Å². The highest BCUT2D eigenvalue weighted by Gasteiger charge is 2.21. The van der Waals surface area contributed by atoms with Crippen molar-refractivity contribution >= 4 is 60.2 Å². The van der Waals surface area contributed by atoms with Gasteiger partial charge >= 0.3 is 0 Å². The predicted octanol–water partition coefficient (Wildman–Crippen LogP) is 16.4. The van der Waals surface area contributed by atoms with Crippen molar-refractivity contribution in [3.8, 4) is 44.5 Å². The van der Waals surface area contributed by atoms with Crippen molar-refractivity contribution in [3.63, 3.8) is 0 Å². The van der Waals surface area contributed by atoms with E-state index < -0.39 is 0 Å².